The normalized spacial score (nSPS) is 26.8. The van der Waals surface area contributed by atoms with Gasteiger partial charge in [-0.25, -0.2) is 4.90 Å². The van der Waals surface area contributed by atoms with Crippen LogP contribution in [0.4, 0.5) is 11.4 Å². The molecule has 2 aliphatic carbocycles. The molecule has 0 spiro atoms. The average molecular weight is 677 g/mol. The summed E-state index contributed by atoms with van der Waals surface area (Å²) in [5, 5.41) is 11.7. The van der Waals surface area contributed by atoms with E-state index in [0.717, 1.165) is 5.57 Å². The van der Waals surface area contributed by atoms with Gasteiger partial charge in [-0.2, -0.15) is 0 Å². The predicted octanol–water partition coefficient (Wildman–Crippen LogP) is 6.79. The van der Waals surface area contributed by atoms with Crippen LogP contribution in [0.25, 0.3) is 0 Å². The summed E-state index contributed by atoms with van der Waals surface area (Å²) in [6, 6.07) is 29.6. The van der Waals surface area contributed by atoms with Crippen LogP contribution in [0.1, 0.15) is 52.7 Å². The second-order valence-electron chi connectivity index (χ2n) is 14.1. The molecule has 2 saturated heterocycles. The van der Waals surface area contributed by atoms with Crippen molar-refractivity contribution in [2.45, 2.75) is 32.1 Å². The van der Waals surface area contributed by atoms with Gasteiger partial charge in [-0.3, -0.25) is 28.9 Å². The number of rotatable bonds is 7. The van der Waals surface area contributed by atoms with Gasteiger partial charge in [-0.05, 0) is 74.1 Å². The number of phenols is 1. The Kier molecular flexibility index (Phi) is 7.71. The second-order valence-corrected chi connectivity index (χ2v) is 14.1. The standard InChI is InChI=1S/C43H36N2O6/c1-3-11-25-14-10-17-32(38(25)47)36-30-22-23-31-35(33(30)24-34-40(49)45(42(51)43(34,36)2)28-15-8-5-9-16-28)41(50)44(39(31)48)29-20-18-27(19-21-29)37(46)26-12-6-4-7-13-26/h3-10,12-22,31,33-36,47H,1,11,23-24H2,2H3. The number of anilines is 2. The summed E-state index contributed by atoms with van der Waals surface area (Å²) in [6.45, 7) is 5.64. The van der Waals surface area contributed by atoms with Crippen LogP contribution in [-0.4, -0.2) is 34.5 Å². The lowest BCUT2D eigenvalue weighted by molar-refractivity contribution is -0.131. The molecule has 1 saturated carbocycles. The Morgan fingerprint density at radius 2 is 1.43 bits per heavy atom. The number of ketones is 1. The number of aromatic hydroxyl groups is 1. The molecule has 4 aliphatic rings. The SMILES string of the molecule is C=CCc1cccc(C2C3=CCC4C(=O)N(c5ccc(C(=O)c6ccccc6)cc5)C(=O)C4C3CC3C(=O)N(c4ccccc4)C(=O)C32C)c1O. The molecule has 2 heterocycles. The number of carbonyl (C=O) groups excluding carboxylic acids is 5. The fourth-order valence-electron chi connectivity index (χ4n) is 9.12. The molecule has 4 aromatic rings. The number of benzene rings is 4. The van der Waals surface area contributed by atoms with Crippen LogP contribution >= 0.6 is 0 Å². The number of carbonyl (C=O) groups is 5. The zero-order valence-corrected chi connectivity index (χ0v) is 28.1. The van der Waals surface area contributed by atoms with E-state index in [9.17, 15) is 29.1 Å². The molecule has 8 nitrogen and oxygen atoms in total. The first-order valence-electron chi connectivity index (χ1n) is 17.3. The van der Waals surface area contributed by atoms with E-state index in [1.54, 1.807) is 97.9 Å². The number of phenolic OH excluding ortho intramolecular Hbond substituents is 1. The Bertz CT molecular complexity index is 2160. The van der Waals surface area contributed by atoms with Crippen LogP contribution in [0.5, 0.6) is 5.75 Å². The number of allylic oxidation sites excluding steroid dienone is 3. The maximum absolute atomic E-state index is 14.6. The molecule has 0 aromatic heterocycles. The first kappa shape index (κ1) is 32.3. The van der Waals surface area contributed by atoms with Crippen LogP contribution in [0, 0.1) is 29.1 Å². The van der Waals surface area contributed by atoms with Gasteiger partial charge in [-0.15, -0.1) is 6.58 Å². The van der Waals surface area contributed by atoms with Crippen molar-refractivity contribution in [1.82, 2.24) is 0 Å². The van der Waals surface area contributed by atoms with Gasteiger partial charge in [0.05, 0.1) is 34.5 Å². The highest BCUT2D eigenvalue weighted by Gasteiger charge is 2.68. The van der Waals surface area contributed by atoms with Crippen molar-refractivity contribution in [2.24, 2.45) is 29.1 Å². The molecule has 6 atom stereocenters. The van der Waals surface area contributed by atoms with Crippen LogP contribution in [0.15, 0.2) is 127 Å². The summed E-state index contributed by atoms with van der Waals surface area (Å²) in [7, 11) is 0. The van der Waals surface area contributed by atoms with E-state index in [1.807, 2.05) is 24.3 Å². The molecule has 8 rings (SSSR count). The van der Waals surface area contributed by atoms with Crippen LogP contribution in [0.3, 0.4) is 0 Å². The second kappa shape index (κ2) is 12.2. The minimum absolute atomic E-state index is 0.0325. The molecule has 3 fully saturated rings. The maximum Gasteiger partial charge on any atom is 0.241 e. The molecule has 8 heteroatoms. The first-order chi connectivity index (χ1) is 24.7. The Morgan fingerprint density at radius 1 is 0.784 bits per heavy atom. The minimum Gasteiger partial charge on any atom is -0.507 e. The third-order valence-corrected chi connectivity index (χ3v) is 11.5. The molecular formula is C43H36N2O6. The summed E-state index contributed by atoms with van der Waals surface area (Å²) in [5.41, 5.74) is 2.50. The van der Waals surface area contributed by atoms with Crippen molar-refractivity contribution in [1.29, 1.82) is 0 Å². The highest BCUT2D eigenvalue weighted by Crippen LogP contribution is 2.64. The number of fused-ring (bicyclic) bond motifs is 4. The minimum atomic E-state index is -1.27. The lowest BCUT2D eigenvalue weighted by Gasteiger charge is -2.49. The van der Waals surface area contributed by atoms with E-state index >= 15 is 0 Å². The third-order valence-electron chi connectivity index (χ3n) is 11.5. The molecule has 4 amide bonds. The van der Waals surface area contributed by atoms with Crippen molar-refractivity contribution in [2.75, 3.05) is 9.80 Å². The summed E-state index contributed by atoms with van der Waals surface area (Å²) < 4.78 is 0. The van der Waals surface area contributed by atoms with Gasteiger partial charge in [0, 0.05) is 22.6 Å². The molecule has 254 valence electrons. The van der Waals surface area contributed by atoms with Gasteiger partial charge in [0.2, 0.25) is 23.6 Å². The van der Waals surface area contributed by atoms with Crippen molar-refractivity contribution >= 4 is 40.8 Å². The zero-order valence-electron chi connectivity index (χ0n) is 28.1. The van der Waals surface area contributed by atoms with E-state index in [1.165, 1.54) is 9.80 Å². The van der Waals surface area contributed by atoms with Crippen LogP contribution in [0.2, 0.25) is 0 Å². The smallest absolute Gasteiger partial charge is 0.241 e. The topological polar surface area (TPSA) is 112 Å². The van der Waals surface area contributed by atoms with Gasteiger partial charge in [-0.1, -0.05) is 84.5 Å². The Balaban J connectivity index is 1.20. The van der Waals surface area contributed by atoms with E-state index in [2.05, 4.69) is 6.58 Å². The Labute approximate surface area is 295 Å². The van der Waals surface area contributed by atoms with E-state index in [0.29, 0.717) is 40.0 Å². The van der Waals surface area contributed by atoms with Gasteiger partial charge in [0.1, 0.15) is 5.75 Å². The first-order valence-corrected chi connectivity index (χ1v) is 17.3. The third kappa shape index (κ3) is 4.77. The molecule has 2 aliphatic heterocycles. The number of amides is 4. The highest BCUT2D eigenvalue weighted by molar-refractivity contribution is 6.25. The van der Waals surface area contributed by atoms with Crippen LogP contribution < -0.4 is 9.80 Å². The van der Waals surface area contributed by atoms with Gasteiger partial charge >= 0.3 is 0 Å². The zero-order chi connectivity index (χ0) is 35.6. The average Bonchev–Trinajstić information content (AvgIpc) is 3.52. The number of imide groups is 2. The lowest BCUT2D eigenvalue weighted by Crippen LogP contribution is -2.49. The van der Waals surface area contributed by atoms with Gasteiger partial charge in [0.15, 0.2) is 5.78 Å². The molecule has 0 radical (unpaired) electrons. The largest absolute Gasteiger partial charge is 0.507 e. The van der Waals surface area contributed by atoms with Crippen molar-refractivity contribution < 1.29 is 29.1 Å². The monoisotopic (exact) mass is 676 g/mol. The van der Waals surface area contributed by atoms with Crippen LogP contribution in [-0.2, 0) is 25.6 Å². The molecular weight excluding hydrogens is 640 g/mol. The Morgan fingerprint density at radius 3 is 2.12 bits per heavy atom. The van der Waals surface area contributed by atoms with Crippen molar-refractivity contribution in [3.05, 3.63) is 150 Å². The van der Waals surface area contributed by atoms with Gasteiger partial charge < -0.3 is 5.11 Å². The molecule has 6 unspecified atom stereocenters. The highest BCUT2D eigenvalue weighted by atomic mass is 16.3. The van der Waals surface area contributed by atoms with Crippen molar-refractivity contribution in [3.8, 4) is 5.75 Å². The van der Waals surface area contributed by atoms with E-state index < -0.39 is 35.0 Å². The van der Waals surface area contributed by atoms with E-state index in [-0.39, 0.29) is 48.0 Å². The number of nitrogens with zero attached hydrogens (tertiary/aromatic N) is 2. The number of hydrogen-bond donors (Lipinski definition) is 1. The molecule has 51 heavy (non-hydrogen) atoms. The molecule has 0 bridgehead atoms. The summed E-state index contributed by atoms with van der Waals surface area (Å²) >= 11 is 0. The molecule has 1 N–H and O–H groups in total. The molecule has 4 aromatic carbocycles. The quantitative estimate of drug-likeness (QED) is 0.131. The van der Waals surface area contributed by atoms with E-state index in [4.69, 9.17) is 0 Å². The fraction of sp³-hybridized carbons (Fsp3) is 0.233. The lowest BCUT2D eigenvalue weighted by atomic mass is 9.51. The number of hydrogen-bond acceptors (Lipinski definition) is 6. The summed E-state index contributed by atoms with van der Waals surface area (Å²) in [6.07, 6.45) is 4.55. The summed E-state index contributed by atoms with van der Waals surface area (Å²) in [5.74, 6) is -5.01. The predicted molar refractivity (Wildman–Crippen MR) is 192 cm³/mol. The maximum atomic E-state index is 14.6. The van der Waals surface area contributed by atoms with Gasteiger partial charge in [0.25, 0.3) is 0 Å². The van der Waals surface area contributed by atoms with Crippen molar-refractivity contribution in [3.63, 3.8) is 0 Å². The Hall–Kier alpha value is -5.89. The summed E-state index contributed by atoms with van der Waals surface area (Å²) in [4.78, 5) is 73.1. The fourth-order valence-corrected chi connectivity index (χ4v) is 9.12. The number of para-hydroxylation sites is 2.